The van der Waals surface area contributed by atoms with Crippen LogP contribution in [0.15, 0.2) is 36.4 Å². The molecule has 4 rings (SSSR count). The molecule has 1 aromatic carbocycles. The molecule has 156 valence electrons. The molecule has 0 aromatic heterocycles. The van der Waals surface area contributed by atoms with Crippen LogP contribution in [-0.4, -0.2) is 29.8 Å². The number of nitrogens with zero attached hydrogens (tertiary/aromatic N) is 1. The maximum absolute atomic E-state index is 12.7. The zero-order chi connectivity index (χ0) is 20.6. The molecule has 2 fully saturated rings. The number of hydrogen-bond donors (Lipinski definition) is 1. The molecule has 1 saturated carbocycles. The van der Waals surface area contributed by atoms with Crippen molar-refractivity contribution < 1.29 is 22.8 Å². The summed E-state index contributed by atoms with van der Waals surface area (Å²) < 4.78 is 37.9. The number of allylic oxidation sites excluding steroid dienone is 2. The van der Waals surface area contributed by atoms with Crippen molar-refractivity contribution >= 4 is 11.8 Å². The van der Waals surface area contributed by atoms with E-state index in [1.165, 1.54) is 12.1 Å². The van der Waals surface area contributed by atoms with Crippen molar-refractivity contribution in [3.63, 3.8) is 0 Å². The predicted molar refractivity (Wildman–Crippen MR) is 101 cm³/mol. The van der Waals surface area contributed by atoms with Gasteiger partial charge in [0.2, 0.25) is 11.8 Å². The molecule has 1 heterocycles. The van der Waals surface area contributed by atoms with Crippen LogP contribution < -0.4 is 5.32 Å². The maximum Gasteiger partial charge on any atom is 0.416 e. The average Bonchev–Trinajstić information content (AvgIpc) is 3.21. The smallest absolute Gasteiger partial charge is 0.352 e. The fourth-order valence-electron chi connectivity index (χ4n) is 4.79. The van der Waals surface area contributed by atoms with E-state index in [1.807, 2.05) is 4.90 Å². The number of benzene rings is 1. The number of amides is 2. The van der Waals surface area contributed by atoms with Crippen molar-refractivity contribution in [1.29, 1.82) is 0 Å². The third kappa shape index (κ3) is 4.19. The molecule has 0 radical (unpaired) electrons. The molecule has 1 N–H and O–H groups in total. The molecule has 29 heavy (non-hydrogen) atoms. The van der Waals surface area contributed by atoms with Gasteiger partial charge in [0.25, 0.3) is 0 Å². The first-order valence-corrected chi connectivity index (χ1v) is 10.2. The summed E-state index contributed by atoms with van der Waals surface area (Å²) >= 11 is 0. The van der Waals surface area contributed by atoms with Crippen LogP contribution in [0.3, 0.4) is 0 Å². The van der Waals surface area contributed by atoms with Crippen LogP contribution in [0.2, 0.25) is 0 Å². The quantitative estimate of drug-likeness (QED) is 0.774. The Bertz CT molecular complexity index is 795. The molecule has 1 saturated heterocycles. The van der Waals surface area contributed by atoms with Crippen LogP contribution >= 0.6 is 0 Å². The van der Waals surface area contributed by atoms with E-state index in [4.69, 9.17) is 0 Å². The van der Waals surface area contributed by atoms with Crippen molar-refractivity contribution in [3.8, 4) is 0 Å². The minimum Gasteiger partial charge on any atom is -0.352 e. The van der Waals surface area contributed by atoms with Gasteiger partial charge in [-0.15, -0.1) is 0 Å². The molecule has 0 bridgehead atoms. The molecule has 0 spiro atoms. The van der Waals surface area contributed by atoms with Gasteiger partial charge < -0.3 is 10.2 Å². The second kappa shape index (κ2) is 7.84. The van der Waals surface area contributed by atoms with E-state index in [-0.39, 0.29) is 36.1 Å². The Labute approximate surface area is 168 Å². The second-order valence-electron chi connectivity index (χ2n) is 8.39. The van der Waals surface area contributed by atoms with Crippen LogP contribution in [0, 0.1) is 23.7 Å². The minimum atomic E-state index is -4.36. The van der Waals surface area contributed by atoms with Gasteiger partial charge in [0.1, 0.15) is 0 Å². The number of halogens is 3. The third-order valence-electron chi connectivity index (χ3n) is 6.63. The topological polar surface area (TPSA) is 49.4 Å². The van der Waals surface area contributed by atoms with Crippen LogP contribution in [0.5, 0.6) is 0 Å². The van der Waals surface area contributed by atoms with E-state index in [9.17, 15) is 22.8 Å². The SMILES string of the molecule is O=C(NCc1ccc(C(F)(F)F)cc1)[C@@H]1C[C@H]2CCN(C(=O)C3CC=CC3)C[C@H]21. The number of alkyl halides is 3. The number of carbonyl (C=O) groups is 2. The summed E-state index contributed by atoms with van der Waals surface area (Å²) in [4.78, 5) is 27.2. The highest BCUT2D eigenvalue weighted by Crippen LogP contribution is 2.46. The van der Waals surface area contributed by atoms with Crippen molar-refractivity contribution in [3.05, 3.63) is 47.5 Å². The standard InChI is InChI=1S/C22H25F3N2O2/c23-22(24,25)17-7-5-14(6-8-17)12-26-20(28)18-11-16-9-10-27(13-19(16)18)21(29)15-3-1-2-4-15/h1-2,5-8,15-16,18-19H,3-4,9-13H2,(H,26,28)/t16-,18-,19-/m1/s1. The molecule has 2 aliphatic carbocycles. The predicted octanol–water partition coefficient (Wildman–Crippen LogP) is 3.77. The first kappa shape index (κ1) is 20.0. The zero-order valence-electron chi connectivity index (χ0n) is 16.1. The molecular formula is C22H25F3N2O2. The van der Waals surface area contributed by atoms with Crippen LogP contribution in [0.25, 0.3) is 0 Å². The summed E-state index contributed by atoms with van der Waals surface area (Å²) in [7, 11) is 0. The van der Waals surface area contributed by atoms with Gasteiger partial charge in [0.15, 0.2) is 0 Å². The molecule has 3 atom stereocenters. The fraction of sp³-hybridized carbons (Fsp3) is 0.545. The largest absolute Gasteiger partial charge is 0.416 e. The summed E-state index contributed by atoms with van der Waals surface area (Å²) in [6.07, 6.45) is 3.13. The molecule has 3 aliphatic rings. The summed E-state index contributed by atoms with van der Waals surface area (Å²) in [5.41, 5.74) is -0.0600. The number of carbonyl (C=O) groups excluding carboxylic acids is 2. The van der Waals surface area contributed by atoms with Gasteiger partial charge in [-0.3, -0.25) is 9.59 Å². The monoisotopic (exact) mass is 406 g/mol. The lowest BCUT2D eigenvalue weighted by Crippen LogP contribution is -2.56. The minimum absolute atomic E-state index is 0.0542. The lowest BCUT2D eigenvalue weighted by Gasteiger charge is -2.50. The van der Waals surface area contributed by atoms with Crippen LogP contribution in [0.4, 0.5) is 13.2 Å². The average molecular weight is 406 g/mol. The number of nitrogens with one attached hydrogen (secondary N) is 1. The second-order valence-corrected chi connectivity index (χ2v) is 8.39. The van der Waals surface area contributed by atoms with E-state index in [0.717, 1.165) is 44.4 Å². The Morgan fingerprint density at radius 1 is 1.10 bits per heavy atom. The highest BCUT2D eigenvalue weighted by molar-refractivity contribution is 5.81. The van der Waals surface area contributed by atoms with Gasteiger partial charge in [-0.1, -0.05) is 24.3 Å². The van der Waals surface area contributed by atoms with E-state index in [2.05, 4.69) is 17.5 Å². The Kier molecular flexibility index (Phi) is 5.40. The molecule has 4 nitrogen and oxygen atoms in total. The Morgan fingerprint density at radius 3 is 2.45 bits per heavy atom. The first-order valence-electron chi connectivity index (χ1n) is 10.2. The lowest BCUT2D eigenvalue weighted by atomic mass is 9.61. The Morgan fingerprint density at radius 2 is 1.79 bits per heavy atom. The van der Waals surface area contributed by atoms with Crippen LogP contribution in [0.1, 0.15) is 36.8 Å². The van der Waals surface area contributed by atoms with E-state index in [0.29, 0.717) is 18.0 Å². The first-order chi connectivity index (χ1) is 13.8. The van der Waals surface area contributed by atoms with Crippen molar-refractivity contribution in [2.75, 3.05) is 13.1 Å². The van der Waals surface area contributed by atoms with E-state index < -0.39 is 11.7 Å². The summed E-state index contributed by atoms with van der Waals surface area (Å²) in [5.74, 6) is 0.745. The van der Waals surface area contributed by atoms with Gasteiger partial charge in [-0.05, 0) is 55.2 Å². The highest BCUT2D eigenvalue weighted by atomic mass is 19.4. The van der Waals surface area contributed by atoms with Gasteiger partial charge in [-0.25, -0.2) is 0 Å². The van der Waals surface area contributed by atoms with Gasteiger partial charge >= 0.3 is 6.18 Å². The van der Waals surface area contributed by atoms with Gasteiger partial charge in [0, 0.05) is 31.5 Å². The maximum atomic E-state index is 12.7. The van der Waals surface area contributed by atoms with Gasteiger partial charge in [0.05, 0.1) is 5.56 Å². The normalized spacial score (nSPS) is 26.7. The molecule has 1 aliphatic heterocycles. The fourth-order valence-corrected chi connectivity index (χ4v) is 4.79. The van der Waals surface area contributed by atoms with Crippen molar-refractivity contribution in [2.45, 2.75) is 38.4 Å². The van der Waals surface area contributed by atoms with Crippen molar-refractivity contribution in [2.24, 2.45) is 23.7 Å². The summed E-state index contributed by atoms with van der Waals surface area (Å²) in [6, 6.07) is 4.85. The Hall–Kier alpha value is -2.31. The number of rotatable bonds is 4. The number of likely N-dealkylation sites (tertiary alicyclic amines) is 1. The molecule has 7 heteroatoms. The van der Waals surface area contributed by atoms with E-state index >= 15 is 0 Å². The van der Waals surface area contributed by atoms with Gasteiger partial charge in [-0.2, -0.15) is 13.2 Å². The molecule has 0 unspecified atom stereocenters. The number of piperidine rings is 1. The van der Waals surface area contributed by atoms with E-state index in [1.54, 1.807) is 0 Å². The molecular weight excluding hydrogens is 381 g/mol. The number of hydrogen-bond acceptors (Lipinski definition) is 2. The summed E-state index contributed by atoms with van der Waals surface area (Å²) in [5, 5.41) is 2.86. The molecule has 1 aromatic rings. The molecule has 2 amide bonds. The third-order valence-corrected chi connectivity index (χ3v) is 6.63. The number of fused-ring (bicyclic) bond motifs is 1. The lowest BCUT2D eigenvalue weighted by molar-refractivity contribution is -0.147. The Balaban J connectivity index is 1.29. The zero-order valence-corrected chi connectivity index (χ0v) is 16.1. The van der Waals surface area contributed by atoms with Crippen molar-refractivity contribution in [1.82, 2.24) is 10.2 Å². The highest BCUT2D eigenvalue weighted by Gasteiger charge is 2.48. The summed E-state index contributed by atoms with van der Waals surface area (Å²) in [6.45, 7) is 1.62. The van der Waals surface area contributed by atoms with Crippen LogP contribution in [-0.2, 0) is 22.3 Å².